The van der Waals surface area contributed by atoms with Crippen molar-refractivity contribution in [1.82, 2.24) is 19.6 Å². The van der Waals surface area contributed by atoms with E-state index in [1.54, 1.807) is 29.1 Å². The fourth-order valence-corrected chi connectivity index (χ4v) is 3.98. The summed E-state index contributed by atoms with van der Waals surface area (Å²) in [5.41, 5.74) is 2.05. The van der Waals surface area contributed by atoms with Gasteiger partial charge in [-0.05, 0) is 64.6 Å². The highest BCUT2D eigenvalue weighted by molar-refractivity contribution is 14.1. The molecule has 0 aliphatic carbocycles. The van der Waals surface area contributed by atoms with Crippen LogP contribution in [-0.4, -0.2) is 19.6 Å². The predicted molar refractivity (Wildman–Crippen MR) is 136 cm³/mol. The Balaban J connectivity index is 1.66. The number of hydrogen-bond donors (Lipinski definition) is 0. The predicted octanol–water partition coefficient (Wildman–Crippen LogP) is 5.41. The molecule has 0 spiro atoms. The van der Waals surface area contributed by atoms with Crippen molar-refractivity contribution >= 4 is 22.6 Å². The molecule has 34 heavy (non-hydrogen) atoms. The molecule has 0 aliphatic heterocycles. The Labute approximate surface area is 208 Å². The number of benzene rings is 3. The Hall–Kier alpha value is -3.79. The first-order valence-corrected chi connectivity index (χ1v) is 11.5. The lowest BCUT2D eigenvalue weighted by atomic mass is 10.2. The van der Waals surface area contributed by atoms with E-state index in [1.807, 2.05) is 83.3 Å². The monoisotopic (exact) mass is 564 g/mol. The quantitative estimate of drug-likeness (QED) is 0.259. The van der Waals surface area contributed by atoms with Crippen LogP contribution in [0.5, 0.6) is 5.75 Å². The van der Waals surface area contributed by atoms with E-state index in [9.17, 15) is 9.18 Å². The molecule has 0 fully saturated rings. The van der Waals surface area contributed by atoms with Gasteiger partial charge in [-0.2, -0.15) is 10.2 Å². The zero-order valence-corrected chi connectivity index (χ0v) is 20.0. The molecule has 0 aliphatic rings. The normalized spacial score (nSPS) is 10.9. The second-order valence-electron chi connectivity index (χ2n) is 7.45. The van der Waals surface area contributed by atoms with Gasteiger partial charge in [0, 0.05) is 3.57 Å². The van der Waals surface area contributed by atoms with Crippen molar-refractivity contribution in [3.05, 3.63) is 122 Å². The van der Waals surface area contributed by atoms with E-state index in [1.165, 1.54) is 16.9 Å². The van der Waals surface area contributed by atoms with Crippen molar-refractivity contribution in [1.29, 1.82) is 0 Å². The van der Waals surface area contributed by atoms with Crippen molar-refractivity contribution in [3.63, 3.8) is 0 Å². The Morgan fingerprint density at radius 1 is 0.941 bits per heavy atom. The summed E-state index contributed by atoms with van der Waals surface area (Å²) in [6.07, 6.45) is 3.01. The third kappa shape index (κ3) is 4.49. The molecule has 6 nitrogen and oxygen atoms in total. The highest BCUT2D eigenvalue weighted by Crippen LogP contribution is 2.23. The number of rotatable bonds is 6. The summed E-state index contributed by atoms with van der Waals surface area (Å²) >= 11 is 2.04. The summed E-state index contributed by atoms with van der Waals surface area (Å²) in [7, 11) is 0. The van der Waals surface area contributed by atoms with Gasteiger partial charge in [-0.25, -0.2) is 13.8 Å². The number of para-hydroxylation sites is 1. The van der Waals surface area contributed by atoms with Gasteiger partial charge in [0.05, 0.1) is 23.8 Å². The molecule has 2 heterocycles. The summed E-state index contributed by atoms with van der Waals surface area (Å²) < 4.78 is 24.5. The molecule has 2 aromatic heterocycles. The lowest BCUT2D eigenvalue weighted by Crippen LogP contribution is -2.19. The highest BCUT2D eigenvalue weighted by atomic mass is 127. The number of halogens is 2. The highest BCUT2D eigenvalue weighted by Gasteiger charge is 2.19. The minimum absolute atomic E-state index is 0.0626. The van der Waals surface area contributed by atoms with E-state index in [0.717, 1.165) is 14.8 Å². The van der Waals surface area contributed by atoms with Crippen LogP contribution in [0.4, 0.5) is 4.39 Å². The molecule has 0 bridgehead atoms. The minimum atomic E-state index is -0.459. The van der Waals surface area contributed by atoms with Crippen molar-refractivity contribution in [3.8, 4) is 28.5 Å². The number of ether oxygens (including phenoxy) is 1. The third-order valence-electron chi connectivity index (χ3n) is 5.17. The lowest BCUT2D eigenvalue weighted by Gasteiger charge is -2.14. The number of aromatic nitrogens is 4. The second-order valence-corrected chi connectivity index (χ2v) is 8.70. The summed E-state index contributed by atoms with van der Waals surface area (Å²) in [4.78, 5) is 13.5. The first kappa shape index (κ1) is 22.0. The summed E-state index contributed by atoms with van der Waals surface area (Å²) in [5, 5.41) is 8.87. The molecule has 0 atom stereocenters. The number of hydrogen-bond acceptors (Lipinski definition) is 4. The van der Waals surface area contributed by atoms with Crippen molar-refractivity contribution in [2.45, 2.75) is 6.61 Å². The molecule has 0 radical (unpaired) electrons. The van der Waals surface area contributed by atoms with Gasteiger partial charge in [-0.15, -0.1) is 0 Å². The van der Waals surface area contributed by atoms with E-state index in [4.69, 9.17) is 4.74 Å². The van der Waals surface area contributed by atoms with Crippen LogP contribution in [0.25, 0.3) is 22.8 Å². The van der Waals surface area contributed by atoms with E-state index in [-0.39, 0.29) is 23.7 Å². The smallest absolute Gasteiger partial charge is 0.251 e. The van der Waals surface area contributed by atoms with E-state index in [0.29, 0.717) is 5.69 Å². The maximum atomic E-state index is 14.8. The van der Waals surface area contributed by atoms with Crippen LogP contribution in [0.3, 0.4) is 0 Å². The summed E-state index contributed by atoms with van der Waals surface area (Å²) in [6.45, 7) is 0.187. The van der Waals surface area contributed by atoms with Crippen LogP contribution in [-0.2, 0) is 6.61 Å². The van der Waals surface area contributed by atoms with Gasteiger partial charge >= 0.3 is 0 Å². The molecule has 0 saturated carbocycles. The average molecular weight is 564 g/mol. The molecule has 0 N–H and O–H groups in total. The van der Waals surface area contributed by atoms with Crippen molar-refractivity contribution in [2.75, 3.05) is 0 Å². The standard InChI is InChI=1S/C26H18FIN4O2/c27-21-15-19(28)11-12-22(21)31-16-24(34-17-18-7-3-1-4-8-18)26(33)25(30-31)23-13-14-29-32(23)20-9-5-2-6-10-20/h1-16H,17H2. The van der Waals surface area contributed by atoms with Gasteiger partial charge in [-0.1, -0.05) is 48.5 Å². The largest absolute Gasteiger partial charge is 0.483 e. The Kier molecular flexibility index (Phi) is 6.22. The molecule has 168 valence electrons. The van der Waals surface area contributed by atoms with Crippen LogP contribution < -0.4 is 10.2 Å². The first-order valence-electron chi connectivity index (χ1n) is 10.5. The second kappa shape index (κ2) is 9.60. The zero-order valence-electron chi connectivity index (χ0n) is 17.8. The van der Waals surface area contributed by atoms with Crippen LogP contribution in [0.1, 0.15) is 5.56 Å². The molecule has 5 aromatic rings. The summed E-state index contributed by atoms with van der Waals surface area (Å²) in [5.74, 6) is -0.396. The average Bonchev–Trinajstić information content (AvgIpc) is 3.35. The fourth-order valence-electron chi connectivity index (χ4n) is 3.52. The van der Waals surface area contributed by atoms with Crippen molar-refractivity contribution in [2.24, 2.45) is 0 Å². The first-order chi connectivity index (χ1) is 16.6. The Bertz CT molecular complexity index is 1500. The molecule has 3 aromatic carbocycles. The molecular weight excluding hydrogens is 546 g/mol. The lowest BCUT2D eigenvalue weighted by molar-refractivity contribution is 0.300. The molecule has 0 unspecified atom stereocenters. The topological polar surface area (TPSA) is 61.9 Å². The van der Waals surface area contributed by atoms with Gasteiger partial charge in [0.1, 0.15) is 18.1 Å². The van der Waals surface area contributed by atoms with Crippen LogP contribution >= 0.6 is 22.6 Å². The minimum Gasteiger partial charge on any atom is -0.483 e. The molecule has 5 rings (SSSR count). The molecule has 0 saturated heterocycles. The van der Waals surface area contributed by atoms with E-state index >= 15 is 0 Å². The SMILES string of the molecule is O=c1c(OCc2ccccc2)cn(-c2ccc(I)cc2F)nc1-c1ccnn1-c1ccccc1. The van der Waals surface area contributed by atoms with E-state index < -0.39 is 11.2 Å². The molecule has 0 amide bonds. The Morgan fingerprint density at radius 2 is 1.68 bits per heavy atom. The van der Waals surface area contributed by atoms with E-state index in [2.05, 4.69) is 10.2 Å². The fraction of sp³-hybridized carbons (Fsp3) is 0.0385. The number of nitrogens with zero attached hydrogens (tertiary/aromatic N) is 4. The maximum absolute atomic E-state index is 14.8. The zero-order chi connectivity index (χ0) is 23.5. The van der Waals surface area contributed by atoms with Crippen LogP contribution in [0.15, 0.2) is 102 Å². The van der Waals surface area contributed by atoms with Gasteiger partial charge < -0.3 is 4.74 Å². The summed E-state index contributed by atoms with van der Waals surface area (Å²) in [6, 6.07) is 25.4. The van der Waals surface area contributed by atoms with Crippen LogP contribution in [0, 0.1) is 9.39 Å². The van der Waals surface area contributed by atoms with Crippen molar-refractivity contribution < 1.29 is 9.13 Å². The van der Waals surface area contributed by atoms with Gasteiger partial charge in [0.2, 0.25) is 0 Å². The third-order valence-corrected chi connectivity index (χ3v) is 5.84. The van der Waals surface area contributed by atoms with Gasteiger partial charge in [-0.3, -0.25) is 4.79 Å². The Morgan fingerprint density at radius 3 is 2.41 bits per heavy atom. The molecular formula is C26H18FIN4O2. The molecule has 8 heteroatoms. The maximum Gasteiger partial charge on any atom is 0.251 e. The van der Waals surface area contributed by atoms with Gasteiger partial charge in [0.15, 0.2) is 11.4 Å². The van der Waals surface area contributed by atoms with Gasteiger partial charge in [0.25, 0.3) is 5.43 Å². The van der Waals surface area contributed by atoms with Crippen LogP contribution in [0.2, 0.25) is 0 Å².